The number of aromatic carboxylic acids is 1. The molecule has 1 aliphatic rings. The van der Waals surface area contributed by atoms with Crippen molar-refractivity contribution in [3.8, 4) is 0 Å². The van der Waals surface area contributed by atoms with E-state index in [0.717, 1.165) is 17.1 Å². The number of carbonyl (C=O) groups is 2. The molecule has 0 saturated carbocycles. The summed E-state index contributed by atoms with van der Waals surface area (Å²) in [5.74, 6) is 0.122. The lowest BCUT2D eigenvalue weighted by atomic mass is 10.1. The SMILES string of the molecule is Cc1sc(NC(=O)NCC2(C)CCCS2)c(C(=O)O)c1C. The smallest absolute Gasteiger partial charge is 0.338 e. The van der Waals surface area contributed by atoms with Crippen LogP contribution in [0.1, 0.15) is 40.6 Å². The monoisotopic (exact) mass is 328 g/mol. The molecule has 1 aromatic rings. The average Bonchev–Trinajstić information content (AvgIpc) is 2.93. The zero-order chi connectivity index (χ0) is 15.6. The Morgan fingerprint density at radius 1 is 1.38 bits per heavy atom. The number of hydrogen-bond acceptors (Lipinski definition) is 4. The number of amides is 2. The first-order valence-electron chi connectivity index (χ1n) is 6.84. The molecule has 1 atom stereocenters. The number of thiophene rings is 1. The van der Waals surface area contributed by atoms with Crippen molar-refractivity contribution in [1.82, 2.24) is 5.32 Å². The molecule has 0 radical (unpaired) electrons. The average molecular weight is 328 g/mol. The highest BCUT2D eigenvalue weighted by atomic mass is 32.2. The fraction of sp³-hybridized carbons (Fsp3) is 0.571. The lowest BCUT2D eigenvalue weighted by molar-refractivity contribution is 0.0697. The van der Waals surface area contributed by atoms with E-state index in [4.69, 9.17) is 0 Å². The van der Waals surface area contributed by atoms with Crippen molar-refractivity contribution in [2.45, 2.75) is 38.4 Å². The Morgan fingerprint density at radius 2 is 2.10 bits per heavy atom. The second-order valence-electron chi connectivity index (χ2n) is 5.50. The molecule has 2 rings (SSSR count). The molecule has 116 valence electrons. The van der Waals surface area contributed by atoms with Crippen LogP contribution in [0.3, 0.4) is 0 Å². The molecule has 1 saturated heterocycles. The molecule has 0 aromatic carbocycles. The van der Waals surface area contributed by atoms with Crippen molar-refractivity contribution in [3.05, 3.63) is 16.0 Å². The van der Waals surface area contributed by atoms with Crippen LogP contribution >= 0.6 is 23.1 Å². The van der Waals surface area contributed by atoms with Crippen LogP contribution in [0.2, 0.25) is 0 Å². The van der Waals surface area contributed by atoms with Gasteiger partial charge in [0, 0.05) is 16.2 Å². The van der Waals surface area contributed by atoms with Gasteiger partial charge in [-0.25, -0.2) is 9.59 Å². The number of carbonyl (C=O) groups excluding carboxylic acids is 1. The van der Waals surface area contributed by atoms with Crippen LogP contribution in [0.25, 0.3) is 0 Å². The molecule has 0 bridgehead atoms. The maximum Gasteiger partial charge on any atom is 0.338 e. The van der Waals surface area contributed by atoms with Gasteiger partial charge in [-0.2, -0.15) is 11.8 Å². The third-order valence-electron chi connectivity index (χ3n) is 3.75. The van der Waals surface area contributed by atoms with E-state index in [1.807, 2.05) is 18.7 Å². The first kappa shape index (κ1) is 16.2. The van der Waals surface area contributed by atoms with Crippen molar-refractivity contribution in [2.24, 2.45) is 0 Å². The summed E-state index contributed by atoms with van der Waals surface area (Å²) in [6, 6.07) is -0.340. The Kier molecular flexibility index (Phi) is 4.83. The molecule has 1 aromatic heterocycles. The van der Waals surface area contributed by atoms with Crippen molar-refractivity contribution in [1.29, 1.82) is 0 Å². The van der Waals surface area contributed by atoms with Gasteiger partial charge in [-0.1, -0.05) is 0 Å². The molecule has 5 nitrogen and oxygen atoms in total. The molecule has 0 aliphatic carbocycles. The van der Waals surface area contributed by atoms with Gasteiger partial charge in [-0.15, -0.1) is 11.3 Å². The van der Waals surface area contributed by atoms with E-state index in [0.29, 0.717) is 17.1 Å². The zero-order valence-corrected chi connectivity index (χ0v) is 14.0. The maximum atomic E-state index is 12.0. The minimum atomic E-state index is -1.01. The van der Waals surface area contributed by atoms with Crippen LogP contribution in [-0.4, -0.2) is 34.2 Å². The van der Waals surface area contributed by atoms with Crippen LogP contribution in [0, 0.1) is 13.8 Å². The van der Waals surface area contributed by atoms with E-state index in [2.05, 4.69) is 17.6 Å². The van der Waals surface area contributed by atoms with Crippen LogP contribution < -0.4 is 10.6 Å². The zero-order valence-electron chi connectivity index (χ0n) is 12.4. The number of nitrogens with one attached hydrogen (secondary N) is 2. The summed E-state index contributed by atoms with van der Waals surface area (Å²) in [7, 11) is 0. The number of carboxylic acids is 1. The highest BCUT2D eigenvalue weighted by molar-refractivity contribution is 8.00. The minimum Gasteiger partial charge on any atom is -0.478 e. The summed E-state index contributed by atoms with van der Waals surface area (Å²) < 4.78 is 0.0915. The van der Waals surface area contributed by atoms with E-state index >= 15 is 0 Å². The molecule has 0 spiro atoms. The third-order valence-corrected chi connectivity index (χ3v) is 6.41. The van der Waals surface area contributed by atoms with Crippen LogP contribution in [0.15, 0.2) is 0 Å². The second kappa shape index (κ2) is 6.27. The van der Waals surface area contributed by atoms with Crippen molar-refractivity contribution < 1.29 is 14.7 Å². The standard InChI is InChI=1S/C14H20N2O3S2/c1-8-9(2)21-11(10(8)12(17)18)16-13(19)15-7-14(3)5-4-6-20-14/h4-7H2,1-3H3,(H,17,18)(H2,15,16,19). The minimum absolute atomic E-state index is 0.0915. The number of rotatable bonds is 4. The van der Waals surface area contributed by atoms with E-state index in [-0.39, 0.29) is 16.3 Å². The number of aryl methyl sites for hydroxylation is 1. The van der Waals surface area contributed by atoms with Gasteiger partial charge in [0.15, 0.2) is 0 Å². The number of thioether (sulfide) groups is 1. The first-order chi connectivity index (χ1) is 9.82. The Hall–Kier alpha value is -1.21. The Morgan fingerprint density at radius 3 is 2.67 bits per heavy atom. The molecular weight excluding hydrogens is 308 g/mol. The van der Waals surface area contributed by atoms with E-state index in [1.54, 1.807) is 6.92 Å². The largest absolute Gasteiger partial charge is 0.478 e. The Labute approximate surface area is 132 Å². The molecule has 1 aliphatic heterocycles. The highest BCUT2D eigenvalue weighted by Crippen LogP contribution is 2.37. The molecule has 7 heteroatoms. The summed E-state index contributed by atoms with van der Waals surface area (Å²) in [6.45, 7) is 6.35. The molecule has 21 heavy (non-hydrogen) atoms. The number of carboxylic acid groups (broad SMARTS) is 1. The van der Waals surface area contributed by atoms with Crippen LogP contribution in [0.5, 0.6) is 0 Å². The van der Waals surface area contributed by atoms with Crippen molar-refractivity contribution >= 4 is 40.1 Å². The summed E-state index contributed by atoms with van der Waals surface area (Å²) in [5.41, 5.74) is 0.898. The summed E-state index contributed by atoms with van der Waals surface area (Å²) in [6.07, 6.45) is 2.27. The number of hydrogen-bond donors (Lipinski definition) is 3. The predicted octanol–water partition coefficient (Wildman–Crippen LogP) is 3.47. The predicted molar refractivity (Wildman–Crippen MR) is 87.9 cm³/mol. The topological polar surface area (TPSA) is 78.4 Å². The van der Waals surface area contributed by atoms with Crippen LogP contribution in [0.4, 0.5) is 9.80 Å². The Bertz CT molecular complexity index is 563. The van der Waals surface area contributed by atoms with Gasteiger partial charge in [-0.05, 0) is 44.9 Å². The van der Waals surface area contributed by atoms with Gasteiger partial charge in [0.1, 0.15) is 5.00 Å². The van der Waals surface area contributed by atoms with Gasteiger partial charge < -0.3 is 10.4 Å². The second-order valence-corrected chi connectivity index (χ2v) is 8.41. The summed E-state index contributed by atoms with van der Waals surface area (Å²) in [5, 5.41) is 15.2. The van der Waals surface area contributed by atoms with E-state index in [9.17, 15) is 14.7 Å². The molecule has 1 unspecified atom stereocenters. The van der Waals surface area contributed by atoms with Gasteiger partial charge >= 0.3 is 12.0 Å². The van der Waals surface area contributed by atoms with Gasteiger partial charge in [-0.3, -0.25) is 5.32 Å². The Balaban J connectivity index is 2.00. The highest BCUT2D eigenvalue weighted by Gasteiger charge is 2.30. The van der Waals surface area contributed by atoms with E-state index < -0.39 is 5.97 Å². The first-order valence-corrected chi connectivity index (χ1v) is 8.65. The molecule has 2 amide bonds. The van der Waals surface area contributed by atoms with Gasteiger partial charge in [0.25, 0.3) is 0 Å². The lowest BCUT2D eigenvalue weighted by Crippen LogP contribution is -2.39. The fourth-order valence-electron chi connectivity index (χ4n) is 2.36. The summed E-state index contributed by atoms with van der Waals surface area (Å²) >= 11 is 3.17. The molecule has 1 fully saturated rings. The molecular formula is C14H20N2O3S2. The van der Waals surface area contributed by atoms with E-state index in [1.165, 1.54) is 17.8 Å². The molecule has 3 N–H and O–H groups in total. The summed E-state index contributed by atoms with van der Waals surface area (Å²) in [4.78, 5) is 24.2. The van der Waals surface area contributed by atoms with Gasteiger partial charge in [0.2, 0.25) is 0 Å². The number of anilines is 1. The lowest BCUT2D eigenvalue weighted by Gasteiger charge is -2.22. The quantitative estimate of drug-likeness (QED) is 0.791. The van der Waals surface area contributed by atoms with Gasteiger partial charge in [0.05, 0.1) is 5.56 Å². The third kappa shape index (κ3) is 3.71. The van der Waals surface area contributed by atoms with Crippen molar-refractivity contribution in [2.75, 3.05) is 17.6 Å². The number of urea groups is 1. The normalized spacial score (nSPS) is 21.3. The maximum absolute atomic E-state index is 12.0. The van der Waals surface area contributed by atoms with Crippen LogP contribution in [-0.2, 0) is 0 Å². The van der Waals surface area contributed by atoms with Crippen molar-refractivity contribution in [3.63, 3.8) is 0 Å². The molecule has 2 heterocycles. The fourth-order valence-corrected chi connectivity index (χ4v) is 4.66.